The Kier molecular flexibility index (Phi) is 6.93. The van der Waals surface area contributed by atoms with Gasteiger partial charge in [-0.3, -0.25) is 4.79 Å². The third-order valence-electron chi connectivity index (χ3n) is 6.87. The highest BCUT2D eigenvalue weighted by atomic mass is 19.1. The standard InChI is InChI=1S/C29H31FN4O/c1-33-15-17-34(18-16-33)24-11-12-25-26(20-32-27(25)19-24)29(35)28(22-5-3-2-4-6-22)31-14-13-21-7-9-23(30)10-8-21/h2-12,19-20,28,31-32H,13-18H2,1H3. The fourth-order valence-corrected chi connectivity index (χ4v) is 4.75. The average Bonchev–Trinajstić information content (AvgIpc) is 3.32. The molecule has 2 heterocycles. The fraction of sp³-hybridized carbons (Fsp3) is 0.276. The molecule has 3 aromatic carbocycles. The van der Waals surface area contributed by atoms with E-state index >= 15 is 0 Å². The number of rotatable bonds is 8. The largest absolute Gasteiger partial charge is 0.369 e. The van der Waals surface area contributed by atoms with Gasteiger partial charge in [0.1, 0.15) is 5.82 Å². The Bertz CT molecular complexity index is 1280. The predicted octanol–water partition coefficient (Wildman–Crippen LogP) is 4.82. The highest BCUT2D eigenvalue weighted by Crippen LogP contribution is 2.28. The van der Waals surface area contributed by atoms with Crippen LogP contribution in [0.25, 0.3) is 10.9 Å². The Balaban J connectivity index is 1.36. The first-order valence-corrected chi connectivity index (χ1v) is 12.2. The number of Topliss-reactive ketones (excluding diaryl/α,β-unsaturated/α-hetero) is 1. The Morgan fingerprint density at radius 1 is 1.00 bits per heavy atom. The number of nitrogens with zero attached hydrogens (tertiary/aromatic N) is 2. The van der Waals surface area contributed by atoms with Gasteiger partial charge in [-0.1, -0.05) is 48.5 Å². The number of ketones is 1. The minimum Gasteiger partial charge on any atom is -0.369 e. The van der Waals surface area contributed by atoms with Crippen molar-refractivity contribution >= 4 is 22.4 Å². The lowest BCUT2D eigenvalue weighted by atomic mass is 9.96. The maximum atomic E-state index is 13.8. The van der Waals surface area contributed by atoms with Gasteiger partial charge in [0, 0.05) is 61.1 Å². The molecule has 5 nitrogen and oxygen atoms in total. The van der Waals surface area contributed by atoms with Crippen molar-refractivity contribution in [2.75, 3.05) is 44.7 Å². The SMILES string of the molecule is CN1CCN(c2ccc3c(C(=O)C(NCCc4ccc(F)cc4)c4ccccc4)c[nH]c3c2)CC1. The summed E-state index contributed by atoms with van der Waals surface area (Å²) < 4.78 is 13.2. The number of likely N-dealkylation sites (N-methyl/N-ethyl adjacent to an activating group) is 1. The van der Waals surface area contributed by atoms with Gasteiger partial charge < -0.3 is 20.1 Å². The second-order valence-corrected chi connectivity index (χ2v) is 9.26. The Morgan fingerprint density at radius 3 is 2.49 bits per heavy atom. The number of piperazine rings is 1. The highest BCUT2D eigenvalue weighted by molar-refractivity contribution is 6.11. The van der Waals surface area contributed by atoms with Crippen molar-refractivity contribution in [2.45, 2.75) is 12.5 Å². The number of aromatic nitrogens is 1. The van der Waals surface area contributed by atoms with Gasteiger partial charge in [-0.25, -0.2) is 4.39 Å². The molecule has 6 heteroatoms. The molecule has 1 aliphatic heterocycles. The van der Waals surface area contributed by atoms with Gasteiger partial charge in [0.05, 0.1) is 6.04 Å². The number of hydrogen-bond acceptors (Lipinski definition) is 4. The third-order valence-corrected chi connectivity index (χ3v) is 6.87. The van der Waals surface area contributed by atoms with E-state index in [1.54, 1.807) is 12.1 Å². The van der Waals surface area contributed by atoms with E-state index < -0.39 is 6.04 Å². The van der Waals surface area contributed by atoms with Gasteiger partial charge in [0.15, 0.2) is 5.78 Å². The summed E-state index contributed by atoms with van der Waals surface area (Å²) in [4.78, 5) is 21.8. The molecule has 0 aliphatic carbocycles. The summed E-state index contributed by atoms with van der Waals surface area (Å²) in [5.74, 6) is -0.205. The summed E-state index contributed by atoms with van der Waals surface area (Å²) in [5.41, 5.74) is 4.81. The lowest BCUT2D eigenvalue weighted by Crippen LogP contribution is -2.44. The second kappa shape index (κ2) is 10.4. The lowest BCUT2D eigenvalue weighted by Gasteiger charge is -2.34. The molecule has 1 aromatic heterocycles. The molecular formula is C29H31FN4O. The summed E-state index contributed by atoms with van der Waals surface area (Å²) in [6, 6.07) is 22.2. The molecule has 1 atom stereocenters. The van der Waals surface area contributed by atoms with E-state index in [4.69, 9.17) is 0 Å². The highest BCUT2D eigenvalue weighted by Gasteiger charge is 2.24. The van der Waals surface area contributed by atoms with Gasteiger partial charge in [0.2, 0.25) is 0 Å². The van der Waals surface area contributed by atoms with Crippen LogP contribution in [0.4, 0.5) is 10.1 Å². The molecule has 0 saturated carbocycles. The number of H-pyrrole nitrogens is 1. The van der Waals surface area contributed by atoms with Gasteiger partial charge in [-0.15, -0.1) is 0 Å². The van der Waals surface area contributed by atoms with E-state index in [-0.39, 0.29) is 11.6 Å². The van der Waals surface area contributed by atoms with Gasteiger partial charge >= 0.3 is 0 Å². The van der Waals surface area contributed by atoms with Crippen molar-refractivity contribution in [3.05, 3.63) is 102 Å². The summed E-state index contributed by atoms with van der Waals surface area (Å²) in [7, 11) is 2.15. The van der Waals surface area contributed by atoms with Crippen LogP contribution in [0.1, 0.15) is 27.5 Å². The van der Waals surface area contributed by atoms with Crippen LogP contribution < -0.4 is 10.2 Å². The smallest absolute Gasteiger partial charge is 0.186 e. The van der Waals surface area contributed by atoms with E-state index in [9.17, 15) is 9.18 Å². The molecule has 1 unspecified atom stereocenters. The topological polar surface area (TPSA) is 51.4 Å². The van der Waals surface area contributed by atoms with Crippen LogP contribution in [0.2, 0.25) is 0 Å². The first kappa shape index (κ1) is 23.3. The van der Waals surface area contributed by atoms with Crippen LogP contribution in [-0.4, -0.2) is 55.4 Å². The third kappa shape index (κ3) is 5.29. The number of carbonyl (C=O) groups is 1. The van der Waals surface area contributed by atoms with Crippen molar-refractivity contribution < 1.29 is 9.18 Å². The van der Waals surface area contributed by atoms with E-state index in [1.165, 1.54) is 17.8 Å². The van der Waals surface area contributed by atoms with Crippen LogP contribution in [0, 0.1) is 5.82 Å². The van der Waals surface area contributed by atoms with E-state index in [0.717, 1.165) is 48.2 Å². The minimum atomic E-state index is -0.465. The van der Waals surface area contributed by atoms with Crippen molar-refractivity contribution in [1.82, 2.24) is 15.2 Å². The zero-order valence-corrected chi connectivity index (χ0v) is 20.0. The summed E-state index contributed by atoms with van der Waals surface area (Å²) >= 11 is 0. The maximum absolute atomic E-state index is 13.8. The first-order chi connectivity index (χ1) is 17.1. The quantitative estimate of drug-likeness (QED) is 0.363. The lowest BCUT2D eigenvalue weighted by molar-refractivity contribution is 0.0945. The first-order valence-electron chi connectivity index (χ1n) is 12.2. The van der Waals surface area contributed by atoms with Crippen molar-refractivity contribution in [3.63, 3.8) is 0 Å². The Morgan fingerprint density at radius 2 is 1.74 bits per heavy atom. The number of fused-ring (bicyclic) bond motifs is 1. The second-order valence-electron chi connectivity index (χ2n) is 9.26. The van der Waals surface area contributed by atoms with Crippen LogP contribution in [-0.2, 0) is 6.42 Å². The molecule has 35 heavy (non-hydrogen) atoms. The molecule has 0 bridgehead atoms. The molecule has 4 aromatic rings. The number of halogens is 1. The summed E-state index contributed by atoms with van der Waals surface area (Å²) in [6.45, 7) is 4.71. The molecule has 1 aliphatic rings. The van der Waals surface area contributed by atoms with Crippen molar-refractivity contribution in [2.24, 2.45) is 0 Å². The number of benzene rings is 3. The molecule has 1 saturated heterocycles. The number of aromatic amines is 1. The maximum Gasteiger partial charge on any atom is 0.186 e. The van der Waals surface area contributed by atoms with Crippen LogP contribution in [0.5, 0.6) is 0 Å². The fourth-order valence-electron chi connectivity index (χ4n) is 4.75. The summed E-state index contributed by atoms with van der Waals surface area (Å²) in [5, 5.41) is 4.39. The monoisotopic (exact) mass is 470 g/mol. The predicted molar refractivity (Wildman–Crippen MR) is 140 cm³/mol. The molecule has 2 N–H and O–H groups in total. The van der Waals surface area contributed by atoms with Gasteiger partial charge in [-0.2, -0.15) is 0 Å². The Hall–Kier alpha value is -3.48. The number of anilines is 1. The number of nitrogens with one attached hydrogen (secondary N) is 2. The molecule has 5 rings (SSSR count). The van der Waals surface area contributed by atoms with Gasteiger partial charge in [0.25, 0.3) is 0 Å². The van der Waals surface area contributed by atoms with E-state index in [0.29, 0.717) is 18.5 Å². The van der Waals surface area contributed by atoms with E-state index in [1.807, 2.05) is 36.5 Å². The Labute approximate surface area is 205 Å². The average molecular weight is 471 g/mol. The van der Waals surface area contributed by atoms with Crippen LogP contribution in [0.3, 0.4) is 0 Å². The van der Waals surface area contributed by atoms with Crippen LogP contribution >= 0.6 is 0 Å². The normalized spacial score (nSPS) is 15.4. The minimum absolute atomic E-state index is 0.0360. The zero-order valence-electron chi connectivity index (χ0n) is 20.0. The molecule has 0 radical (unpaired) electrons. The van der Waals surface area contributed by atoms with Gasteiger partial charge in [-0.05, 0) is 48.9 Å². The molecule has 180 valence electrons. The van der Waals surface area contributed by atoms with Crippen LogP contribution in [0.15, 0.2) is 79.0 Å². The number of hydrogen-bond donors (Lipinski definition) is 2. The molecular weight excluding hydrogens is 439 g/mol. The summed E-state index contributed by atoms with van der Waals surface area (Å²) in [6.07, 6.45) is 2.54. The molecule has 0 spiro atoms. The number of carbonyl (C=O) groups excluding carboxylic acids is 1. The van der Waals surface area contributed by atoms with Crippen molar-refractivity contribution in [3.8, 4) is 0 Å². The molecule has 1 fully saturated rings. The van der Waals surface area contributed by atoms with Crippen molar-refractivity contribution in [1.29, 1.82) is 0 Å². The molecule has 0 amide bonds. The van der Waals surface area contributed by atoms with E-state index in [2.05, 4.69) is 45.3 Å². The zero-order chi connectivity index (χ0) is 24.2.